The Kier molecular flexibility index (Phi) is 10.9. The van der Waals surface area contributed by atoms with E-state index in [-0.39, 0.29) is 35.3 Å². The van der Waals surface area contributed by atoms with Crippen LogP contribution in [0.5, 0.6) is 0 Å². The summed E-state index contributed by atoms with van der Waals surface area (Å²) >= 11 is 0. The molecule has 1 fully saturated rings. The van der Waals surface area contributed by atoms with Gasteiger partial charge in [0.15, 0.2) is 5.96 Å². The molecule has 0 aromatic carbocycles. The monoisotopic (exact) mass is 452 g/mol. The van der Waals surface area contributed by atoms with Crippen LogP contribution < -0.4 is 16.0 Å². The molecule has 2 unspecified atom stereocenters. The molecule has 0 heterocycles. The quantitative estimate of drug-likeness (QED) is 0.260. The second-order valence-electron chi connectivity index (χ2n) is 8.03. The molecule has 0 aromatic heterocycles. The van der Waals surface area contributed by atoms with Crippen molar-refractivity contribution in [3.05, 3.63) is 0 Å². The van der Waals surface area contributed by atoms with Crippen LogP contribution in [-0.4, -0.2) is 37.5 Å². The summed E-state index contributed by atoms with van der Waals surface area (Å²) in [6.07, 6.45) is 3.73. The lowest BCUT2D eigenvalue weighted by molar-refractivity contribution is -0.128. The van der Waals surface area contributed by atoms with Gasteiger partial charge in [0.2, 0.25) is 5.91 Å². The molecule has 0 bridgehead atoms. The van der Waals surface area contributed by atoms with Crippen LogP contribution in [0, 0.1) is 17.3 Å². The molecular formula is C18H37IN4O. The average Bonchev–Trinajstić information content (AvgIpc) is 2.41. The van der Waals surface area contributed by atoms with Crippen LogP contribution in [0.2, 0.25) is 0 Å². The maximum Gasteiger partial charge on any atom is 0.225 e. The molecule has 0 aliphatic heterocycles. The van der Waals surface area contributed by atoms with Gasteiger partial charge in [-0.15, -0.1) is 24.0 Å². The van der Waals surface area contributed by atoms with Crippen molar-refractivity contribution in [3.63, 3.8) is 0 Å². The van der Waals surface area contributed by atoms with Crippen molar-refractivity contribution in [1.82, 2.24) is 16.0 Å². The van der Waals surface area contributed by atoms with E-state index in [1.165, 1.54) is 19.3 Å². The Morgan fingerprint density at radius 1 is 1.08 bits per heavy atom. The van der Waals surface area contributed by atoms with Crippen molar-refractivity contribution >= 4 is 35.8 Å². The van der Waals surface area contributed by atoms with Crippen molar-refractivity contribution in [2.75, 3.05) is 19.6 Å². The fourth-order valence-corrected chi connectivity index (χ4v) is 3.18. The van der Waals surface area contributed by atoms with Gasteiger partial charge in [0.05, 0.1) is 6.54 Å². The van der Waals surface area contributed by atoms with Gasteiger partial charge in [-0.3, -0.25) is 9.79 Å². The van der Waals surface area contributed by atoms with Crippen LogP contribution in [0.15, 0.2) is 4.99 Å². The third-order valence-electron chi connectivity index (χ3n) is 4.21. The van der Waals surface area contributed by atoms with E-state index >= 15 is 0 Å². The number of hydrogen-bond acceptors (Lipinski definition) is 2. The van der Waals surface area contributed by atoms with E-state index < -0.39 is 0 Å². The minimum absolute atomic E-state index is 0. The van der Waals surface area contributed by atoms with Crippen molar-refractivity contribution < 1.29 is 4.79 Å². The first kappa shape index (κ1) is 23.5. The lowest BCUT2D eigenvalue weighted by atomic mass is 9.80. The zero-order chi connectivity index (χ0) is 17.5. The molecule has 1 aliphatic carbocycles. The number of halogens is 1. The van der Waals surface area contributed by atoms with E-state index in [9.17, 15) is 4.79 Å². The standard InChI is InChI=1S/C18H36N4O.HI/c1-7-19-17(21-9-8-20-16(23)18(4,5)6)22-15-11-13(2)10-14(3)12-15;/h13-15H,7-12H2,1-6H3,(H,20,23)(H2,19,21,22);1H. The maximum atomic E-state index is 11.8. The number of guanidine groups is 1. The maximum absolute atomic E-state index is 11.8. The summed E-state index contributed by atoms with van der Waals surface area (Å²) in [5.74, 6) is 2.47. The molecule has 0 aromatic rings. The van der Waals surface area contributed by atoms with Gasteiger partial charge in [0.25, 0.3) is 0 Å². The molecule has 0 radical (unpaired) electrons. The zero-order valence-corrected chi connectivity index (χ0v) is 18.6. The molecule has 1 aliphatic rings. The van der Waals surface area contributed by atoms with Gasteiger partial charge in [0, 0.05) is 24.5 Å². The molecule has 1 rings (SSSR count). The highest BCUT2D eigenvalue weighted by Gasteiger charge is 2.24. The first-order valence-electron chi connectivity index (χ1n) is 9.05. The van der Waals surface area contributed by atoms with Crippen LogP contribution in [0.4, 0.5) is 0 Å². The highest BCUT2D eigenvalue weighted by Crippen LogP contribution is 2.28. The Morgan fingerprint density at radius 2 is 1.67 bits per heavy atom. The average molecular weight is 452 g/mol. The highest BCUT2D eigenvalue weighted by molar-refractivity contribution is 14.0. The summed E-state index contributed by atoms with van der Waals surface area (Å²) in [6, 6.07) is 0.496. The Bertz CT molecular complexity index is 396. The fourth-order valence-electron chi connectivity index (χ4n) is 3.18. The topological polar surface area (TPSA) is 65.5 Å². The van der Waals surface area contributed by atoms with Gasteiger partial charge >= 0.3 is 0 Å². The smallest absolute Gasteiger partial charge is 0.225 e. The number of carbonyl (C=O) groups is 1. The largest absolute Gasteiger partial charge is 0.357 e. The minimum atomic E-state index is -0.346. The summed E-state index contributed by atoms with van der Waals surface area (Å²) in [6.45, 7) is 14.5. The summed E-state index contributed by atoms with van der Waals surface area (Å²) in [5, 5.41) is 9.80. The number of hydrogen-bond donors (Lipinski definition) is 3. The van der Waals surface area contributed by atoms with Gasteiger partial charge in [-0.25, -0.2) is 0 Å². The predicted octanol–water partition coefficient (Wildman–Crippen LogP) is 3.15. The minimum Gasteiger partial charge on any atom is -0.357 e. The third-order valence-corrected chi connectivity index (χ3v) is 4.21. The number of aliphatic imine (C=N–C) groups is 1. The molecule has 0 saturated heterocycles. The first-order valence-corrected chi connectivity index (χ1v) is 9.05. The molecule has 142 valence electrons. The van der Waals surface area contributed by atoms with E-state index in [4.69, 9.17) is 0 Å². The molecular weight excluding hydrogens is 415 g/mol. The second-order valence-corrected chi connectivity index (χ2v) is 8.03. The van der Waals surface area contributed by atoms with Gasteiger partial charge in [-0.05, 0) is 38.0 Å². The van der Waals surface area contributed by atoms with Gasteiger partial charge in [-0.2, -0.15) is 0 Å². The molecule has 6 heteroatoms. The van der Waals surface area contributed by atoms with E-state index in [0.717, 1.165) is 24.3 Å². The fraction of sp³-hybridized carbons (Fsp3) is 0.889. The molecule has 3 N–H and O–H groups in total. The predicted molar refractivity (Wildman–Crippen MR) is 113 cm³/mol. The SMILES string of the molecule is CCNC(=NCCNC(=O)C(C)(C)C)NC1CC(C)CC(C)C1.I. The van der Waals surface area contributed by atoms with Gasteiger partial charge in [0.1, 0.15) is 0 Å². The Morgan fingerprint density at radius 3 is 2.17 bits per heavy atom. The number of amides is 1. The Hall–Kier alpha value is -0.530. The van der Waals surface area contributed by atoms with Crippen LogP contribution in [0.3, 0.4) is 0 Å². The highest BCUT2D eigenvalue weighted by atomic mass is 127. The number of rotatable bonds is 5. The van der Waals surface area contributed by atoms with Crippen molar-refractivity contribution in [2.24, 2.45) is 22.2 Å². The summed E-state index contributed by atoms with van der Waals surface area (Å²) in [4.78, 5) is 16.4. The van der Waals surface area contributed by atoms with E-state index in [1.807, 2.05) is 20.8 Å². The van der Waals surface area contributed by atoms with Crippen LogP contribution >= 0.6 is 24.0 Å². The molecule has 5 nitrogen and oxygen atoms in total. The van der Waals surface area contributed by atoms with E-state index in [0.29, 0.717) is 19.1 Å². The van der Waals surface area contributed by atoms with Crippen molar-refractivity contribution in [2.45, 2.75) is 66.8 Å². The Balaban J connectivity index is 0.00000529. The van der Waals surface area contributed by atoms with E-state index in [2.05, 4.69) is 41.7 Å². The Labute approximate surface area is 165 Å². The summed E-state index contributed by atoms with van der Waals surface area (Å²) < 4.78 is 0. The number of carbonyl (C=O) groups excluding carboxylic acids is 1. The lowest BCUT2D eigenvalue weighted by Crippen LogP contribution is -2.46. The first-order chi connectivity index (χ1) is 10.7. The van der Waals surface area contributed by atoms with Crippen LogP contribution in [-0.2, 0) is 4.79 Å². The van der Waals surface area contributed by atoms with Crippen molar-refractivity contribution in [3.8, 4) is 0 Å². The summed E-state index contributed by atoms with van der Waals surface area (Å²) in [7, 11) is 0. The molecule has 2 atom stereocenters. The molecule has 1 amide bonds. The van der Waals surface area contributed by atoms with Gasteiger partial charge < -0.3 is 16.0 Å². The third kappa shape index (κ3) is 9.08. The van der Waals surface area contributed by atoms with E-state index in [1.54, 1.807) is 0 Å². The van der Waals surface area contributed by atoms with Crippen LogP contribution in [0.1, 0.15) is 60.8 Å². The molecule has 24 heavy (non-hydrogen) atoms. The number of nitrogens with one attached hydrogen (secondary N) is 3. The molecule has 1 saturated carbocycles. The van der Waals surface area contributed by atoms with Crippen LogP contribution in [0.25, 0.3) is 0 Å². The zero-order valence-electron chi connectivity index (χ0n) is 16.2. The number of nitrogens with zero attached hydrogens (tertiary/aromatic N) is 1. The summed E-state index contributed by atoms with van der Waals surface area (Å²) in [5.41, 5.74) is -0.346. The van der Waals surface area contributed by atoms with Crippen molar-refractivity contribution in [1.29, 1.82) is 0 Å². The molecule has 0 spiro atoms. The lowest BCUT2D eigenvalue weighted by Gasteiger charge is -2.32. The van der Waals surface area contributed by atoms with Gasteiger partial charge in [-0.1, -0.05) is 34.6 Å². The normalized spacial score (nSPS) is 24.8. The second kappa shape index (κ2) is 11.2.